The number of aliphatic hydroxyl groups is 1. The Kier molecular flexibility index (Phi) is 4.79. The number of nitriles is 1. The van der Waals surface area contributed by atoms with Crippen LogP contribution < -0.4 is 15.4 Å². The van der Waals surface area contributed by atoms with Gasteiger partial charge < -0.3 is 20.5 Å². The maximum atomic E-state index is 10.3. The average Bonchev–Trinajstić information content (AvgIpc) is 2.60. The van der Waals surface area contributed by atoms with Gasteiger partial charge in [-0.3, -0.25) is 0 Å². The van der Waals surface area contributed by atoms with Crippen LogP contribution in [0.4, 0.5) is 11.5 Å². The number of ether oxygens (including phenoxy) is 1. The maximum absolute atomic E-state index is 10.3. The van der Waals surface area contributed by atoms with E-state index in [0.29, 0.717) is 34.4 Å². The van der Waals surface area contributed by atoms with Crippen LogP contribution in [0.25, 0.3) is 6.08 Å². The number of pyridine rings is 1. The van der Waals surface area contributed by atoms with Gasteiger partial charge in [0.05, 0.1) is 23.4 Å². The fourth-order valence-corrected chi connectivity index (χ4v) is 2.86. The summed E-state index contributed by atoms with van der Waals surface area (Å²) in [5, 5.41) is 25.9. The van der Waals surface area contributed by atoms with E-state index in [4.69, 9.17) is 21.6 Å². The number of nitrogens with zero attached hydrogens (tertiary/aromatic N) is 2. The zero-order chi connectivity index (χ0) is 18.0. The molecule has 3 N–H and O–H groups in total. The van der Waals surface area contributed by atoms with E-state index < -0.39 is 6.23 Å². The SMILES string of the molecule is COc1cc2c(cc1Cl)C=C(CNc1ccc(C#N)c(C)n1)C(O)N2. The van der Waals surface area contributed by atoms with Gasteiger partial charge in [-0.15, -0.1) is 0 Å². The van der Waals surface area contributed by atoms with Crippen LogP contribution in [0.2, 0.25) is 5.02 Å². The summed E-state index contributed by atoms with van der Waals surface area (Å²) in [7, 11) is 1.55. The van der Waals surface area contributed by atoms with Crippen LogP contribution >= 0.6 is 11.6 Å². The molecule has 7 heteroatoms. The highest BCUT2D eigenvalue weighted by Crippen LogP contribution is 2.35. The fourth-order valence-electron chi connectivity index (χ4n) is 2.61. The first-order chi connectivity index (χ1) is 12.0. The summed E-state index contributed by atoms with van der Waals surface area (Å²) in [5.74, 6) is 1.19. The first-order valence-electron chi connectivity index (χ1n) is 7.66. The molecular weight excluding hydrogens is 340 g/mol. The van der Waals surface area contributed by atoms with E-state index in [1.54, 1.807) is 38.3 Å². The summed E-state index contributed by atoms with van der Waals surface area (Å²) in [6.07, 6.45) is 1.05. The molecule has 1 atom stereocenters. The normalized spacial score (nSPS) is 15.5. The third-order valence-electron chi connectivity index (χ3n) is 3.99. The Morgan fingerprint density at radius 2 is 2.24 bits per heavy atom. The number of hydrogen-bond donors (Lipinski definition) is 3. The molecule has 0 saturated heterocycles. The lowest BCUT2D eigenvalue weighted by molar-refractivity contribution is 0.239. The van der Waals surface area contributed by atoms with Crippen molar-refractivity contribution in [3.05, 3.63) is 51.7 Å². The number of halogens is 1. The Bertz CT molecular complexity index is 889. The standard InChI is InChI=1S/C18H17ClN4O2/c1-10-11(8-20)3-4-17(22-10)21-9-13-5-12-6-14(19)16(25-2)7-15(12)23-18(13)24/h3-7,18,23-24H,9H2,1-2H3,(H,21,22). The minimum atomic E-state index is -0.828. The van der Waals surface area contributed by atoms with Gasteiger partial charge in [-0.25, -0.2) is 4.98 Å². The number of hydrogen-bond acceptors (Lipinski definition) is 6. The number of anilines is 2. The predicted octanol–water partition coefficient (Wildman–Crippen LogP) is 3.16. The highest BCUT2D eigenvalue weighted by Gasteiger charge is 2.20. The van der Waals surface area contributed by atoms with Crippen molar-refractivity contribution >= 4 is 29.2 Å². The molecule has 0 radical (unpaired) electrons. The van der Waals surface area contributed by atoms with E-state index in [2.05, 4.69) is 21.7 Å². The smallest absolute Gasteiger partial charge is 0.148 e. The molecule has 2 aromatic rings. The number of aromatic nitrogens is 1. The molecule has 1 aromatic carbocycles. The summed E-state index contributed by atoms with van der Waals surface area (Å²) in [6, 6.07) is 9.09. The molecule has 1 aromatic heterocycles. The zero-order valence-corrected chi connectivity index (χ0v) is 14.6. The van der Waals surface area contributed by atoms with Crippen molar-refractivity contribution in [2.45, 2.75) is 13.2 Å². The molecule has 1 aliphatic heterocycles. The highest BCUT2D eigenvalue weighted by atomic mass is 35.5. The van der Waals surface area contributed by atoms with Crippen LogP contribution in [-0.2, 0) is 0 Å². The van der Waals surface area contributed by atoms with Gasteiger partial charge >= 0.3 is 0 Å². The zero-order valence-electron chi connectivity index (χ0n) is 13.8. The Morgan fingerprint density at radius 1 is 1.44 bits per heavy atom. The lowest BCUT2D eigenvalue weighted by atomic mass is 10.0. The van der Waals surface area contributed by atoms with E-state index in [0.717, 1.165) is 16.8 Å². The second-order valence-corrected chi connectivity index (χ2v) is 6.04. The Morgan fingerprint density at radius 3 is 2.92 bits per heavy atom. The molecule has 0 aliphatic carbocycles. The van der Waals surface area contributed by atoms with Crippen molar-refractivity contribution in [2.24, 2.45) is 0 Å². The van der Waals surface area contributed by atoms with E-state index in [-0.39, 0.29) is 0 Å². The summed E-state index contributed by atoms with van der Waals surface area (Å²) >= 11 is 6.17. The predicted molar refractivity (Wildman–Crippen MR) is 97.8 cm³/mol. The minimum absolute atomic E-state index is 0.398. The van der Waals surface area contributed by atoms with Gasteiger partial charge in [0.15, 0.2) is 0 Å². The number of nitrogens with one attached hydrogen (secondary N) is 2. The van der Waals surface area contributed by atoms with E-state index in [9.17, 15) is 5.11 Å². The minimum Gasteiger partial charge on any atom is -0.495 e. The van der Waals surface area contributed by atoms with E-state index in [1.807, 2.05) is 6.08 Å². The number of aliphatic hydroxyl groups excluding tert-OH is 1. The van der Waals surface area contributed by atoms with Crippen molar-refractivity contribution < 1.29 is 9.84 Å². The van der Waals surface area contributed by atoms with Gasteiger partial charge in [-0.2, -0.15) is 5.26 Å². The maximum Gasteiger partial charge on any atom is 0.148 e. The first-order valence-corrected chi connectivity index (χ1v) is 8.04. The molecule has 0 spiro atoms. The lowest BCUT2D eigenvalue weighted by Gasteiger charge is -2.25. The van der Waals surface area contributed by atoms with Crippen LogP contribution in [0, 0.1) is 18.3 Å². The monoisotopic (exact) mass is 356 g/mol. The molecule has 6 nitrogen and oxygen atoms in total. The number of aryl methyl sites for hydroxylation is 1. The summed E-state index contributed by atoms with van der Waals surface area (Å²) in [4.78, 5) is 4.33. The fraction of sp³-hybridized carbons (Fsp3) is 0.222. The Hall–Kier alpha value is -2.75. The molecule has 1 aliphatic rings. The number of rotatable bonds is 4. The van der Waals surface area contributed by atoms with Crippen molar-refractivity contribution in [1.82, 2.24) is 4.98 Å². The Labute approximate surface area is 150 Å². The Balaban J connectivity index is 1.80. The molecule has 0 amide bonds. The first kappa shape index (κ1) is 17.1. The van der Waals surface area contributed by atoms with E-state index in [1.165, 1.54) is 0 Å². The van der Waals surface area contributed by atoms with Crippen molar-refractivity contribution in [2.75, 3.05) is 24.3 Å². The third kappa shape index (κ3) is 3.53. The van der Waals surface area contributed by atoms with Gasteiger partial charge in [0, 0.05) is 18.3 Å². The van der Waals surface area contributed by atoms with Crippen LogP contribution in [0.1, 0.15) is 16.8 Å². The topological polar surface area (TPSA) is 90.2 Å². The molecule has 0 saturated carbocycles. The molecule has 1 unspecified atom stereocenters. The van der Waals surface area contributed by atoms with Crippen LogP contribution in [0.5, 0.6) is 5.75 Å². The van der Waals surface area contributed by atoms with Crippen LogP contribution in [0.3, 0.4) is 0 Å². The second kappa shape index (κ2) is 7.01. The molecule has 3 rings (SSSR count). The molecular formula is C18H17ClN4O2. The molecule has 0 fully saturated rings. The summed E-state index contributed by atoms with van der Waals surface area (Å²) < 4.78 is 5.19. The van der Waals surface area contributed by atoms with Crippen LogP contribution in [-0.4, -0.2) is 30.0 Å². The van der Waals surface area contributed by atoms with Crippen molar-refractivity contribution in [1.29, 1.82) is 5.26 Å². The van der Waals surface area contributed by atoms with Gasteiger partial charge in [-0.1, -0.05) is 11.6 Å². The molecule has 25 heavy (non-hydrogen) atoms. The summed E-state index contributed by atoms with van der Waals surface area (Å²) in [5.41, 5.74) is 3.58. The molecule has 128 valence electrons. The van der Waals surface area contributed by atoms with Gasteiger partial charge in [-0.05, 0) is 42.3 Å². The lowest BCUT2D eigenvalue weighted by Crippen LogP contribution is -2.28. The largest absolute Gasteiger partial charge is 0.495 e. The highest BCUT2D eigenvalue weighted by molar-refractivity contribution is 6.32. The third-order valence-corrected chi connectivity index (χ3v) is 4.28. The van der Waals surface area contributed by atoms with Crippen molar-refractivity contribution in [3.8, 4) is 11.8 Å². The average molecular weight is 357 g/mol. The molecule has 2 heterocycles. The number of benzene rings is 1. The second-order valence-electron chi connectivity index (χ2n) is 5.63. The van der Waals surface area contributed by atoms with Crippen LogP contribution in [0.15, 0.2) is 29.8 Å². The number of fused-ring (bicyclic) bond motifs is 1. The quantitative estimate of drug-likeness (QED) is 0.779. The van der Waals surface area contributed by atoms with Gasteiger partial charge in [0.1, 0.15) is 23.9 Å². The molecule has 0 bridgehead atoms. The number of methoxy groups -OCH3 is 1. The van der Waals surface area contributed by atoms with Gasteiger partial charge in [0.2, 0.25) is 0 Å². The van der Waals surface area contributed by atoms with E-state index >= 15 is 0 Å². The summed E-state index contributed by atoms with van der Waals surface area (Å²) in [6.45, 7) is 2.18. The van der Waals surface area contributed by atoms with Crippen molar-refractivity contribution in [3.63, 3.8) is 0 Å². The van der Waals surface area contributed by atoms with Gasteiger partial charge in [0.25, 0.3) is 0 Å².